The molecule has 3 aromatic rings. The molecule has 28 heavy (non-hydrogen) atoms. The second-order valence-electron chi connectivity index (χ2n) is 6.37. The van der Waals surface area contributed by atoms with Crippen LogP contribution in [0.5, 0.6) is 11.6 Å². The van der Waals surface area contributed by atoms with E-state index in [1.54, 1.807) is 11.8 Å². The summed E-state index contributed by atoms with van der Waals surface area (Å²) < 4.78 is 13.7. The maximum absolute atomic E-state index is 9.77. The van der Waals surface area contributed by atoms with Crippen molar-refractivity contribution in [2.24, 2.45) is 5.73 Å². The van der Waals surface area contributed by atoms with Gasteiger partial charge in [-0.05, 0) is 52.7 Å². The number of allylic oxidation sites excluding steroid dienone is 1. The summed E-state index contributed by atoms with van der Waals surface area (Å²) in [6.45, 7) is 1.91. The number of hydrogen-bond donors (Lipinski definition) is 1. The molecule has 2 aromatic carbocycles. The normalized spacial score (nSPS) is 15.6. The summed E-state index contributed by atoms with van der Waals surface area (Å²) in [7, 11) is 1.61. The Morgan fingerprint density at radius 2 is 2.00 bits per heavy atom. The molecule has 0 unspecified atom stereocenters. The van der Waals surface area contributed by atoms with E-state index in [-0.39, 0.29) is 11.8 Å². The Morgan fingerprint density at radius 1 is 1.25 bits per heavy atom. The molecule has 0 saturated carbocycles. The van der Waals surface area contributed by atoms with Crippen molar-refractivity contribution in [3.63, 3.8) is 0 Å². The molecule has 1 aliphatic rings. The van der Waals surface area contributed by atoms with Gasteiger partial charge < -0.3 is 15.2 Å². The largest absolute Gasteiger partial charge is 0.496 e. The van der Waals surface area contributed by atoms with Crippen molar-refractivity contribution in [1.29, 1.82) is 5.26 Å². The highest BCUT2D eigenvalue weighted by Crippen LogP contribution is 2.45. The number of aromatic nitrogens is 2. The van der Waals surface area contributed by atoms with Crippen LogP contribution in [0.1, 0.15) is 22.7 Å². The van der Waals surface area contributed by atoms with Crippen LogP contribution in [0, 0.1) is 18.3 Å². The van der Waals surface area contributed by atoms with Gasteiger partial charge in [-0.1, -0.05) is 24.3 Å². The molecule has 0 fully saturated rings. The molecule has 6 nitrogen and oxygen atoms in total. The smallest absolute Gasteiger partial charge is 0.229 e. The number of hydrogen-bond acceptors (Lipinski definition) is 5. The first-order valence-corrected chi connectivity index (χ1v) is 9.40. The summed E-state index contributed by atoms with van der Waals surface area (Å²) in [5, 5.41) is 14.4. The van der Waals surface area contributed by atoms with Crippen molar-refractivity contribution in [3.05, 3.63) is 81.3 Å². The number of methoxy groups -OCH3 is 1. The lowest BCUT2D eigenvalue weighted by atomic mass is 9.84. The van der Waals surface area contributed by atoms with Crippen LogP contribution in [-0.2, 0) is 0 Å². The van der Waals surface area contributed by atoms with E-state index in [4.69, 9.17) is 15.2 Å². The predicted molar refractivity (Wildman–Crippen MR) is 108 cm³/mol. The average molecular weight is 437 g/mol. The molecular formula is C21H17BrN4O2. The predicted octanol–water partition coefficient (Wildman–Crippen LogP) is 4.17. The maximum atomic E-state index is 9.77. The van der Waals surface area contributed by atoms with Gasteiger partial charge in [-0.15, -0.1) is 0 Å². The number of nitrogens with two attached hydrogens (primary N) is 1. The fourth-order valence-electron chi connectivity index (χ4n) is 3.45. The molecule has 0 amide bonds. The highest BCUT2D eigenvalue weighted by Gasteiger charge is 2.36. The third-order valence-corrected chi connectivity index (χ3v) is 5.36. The van der Waals surface area contributed by atoms with Gasteiger partial charge in [0.1, 0.15) is 17.4 Å². The lowest BCUT2D eigenvalue weighted by Gasteiger charge is -2.25. The van der Waals surface area contributed by atoms with Gasteiger partial charge in [-0.25, -0.2) is 4.68 Å². The van der Waals surface area contributed by atoms with Crippen molar-refractivity contribution in [2.45, 2.75) is 12.8 Å². The van der Waals surface area contributed by atoms with Crippen molar-refractivity contribution in [3.8, 4) is 23.4 Å². The van der Waals surface area contributed by atoms with Crippen LogP contribution in [0.25, 0.3) is 5.69 Å². The van der Waals surface area contributed by atoms with Gasteiger partial charge >= 0.3 is 0 Å². The minimum atomic E-state index is -0.381. The van der Waals surface area contributed by atoms with Crippen molar-refractivity contribution >= 4 is 15.9 Å². The Hall–Kier alpha value is -3.24. The number of rotatable bonds is 3. The van der Waals surface area contributed by atoms with Crippen LogP contribution < -0.4 is 15.2 Å². The summed E-state index contributed by atoms with van der Waals surface area (Å²) in [5.41, 5.74) is 9.85. The van der Waals surface area contributed by atoms with E-state index in [1.165, 1.54) is 0 Å². The molecule has 1 aliphatic heterocycles. The van der Waals surface area contributed by atoms with Crippen LogP contribution in [-0.4, -0.2) is 16.9 Å². The fourth-order valence-corrected chi connectivity index (χ4v) is 4.01. The average Bonchev–Trinajstić information content (AvgIpc) is 3.03. The zero-order chi connectivity index (χ0) is 19.8. The van der Waals surface area contributed by atoms with Gasteiger partial charge in [0.2, 0.25) is 11.8 Å². The fraction of sp³-hybridized carbons (Fsp3) is 0.143. The number of aryl methyl sites for hydroxylation is 1. The van der Waals surface area contributed by atoms with Gasteiger partial charge in [0.25, 0.3) is 0 Å². The molecule has 0 spiro atoms. The molecule has 4 rings (SSSR count). The number of halogens is 1. The van der Waals surface area contributed by atoms with Crippen LogP contribution in [0.2, 0.25) is 0 Å². The second-order valence-corrected chi connectivity index (χ2v) is 7.22. The van der Waals surface area contributed by atoms with E-state index < -0.39 is 0 Å². The van der Waals surface area contributed by atoms with Crippen molar-refractivity contribution in [1.82, 2.24) is 9.78 Å². The van der Waals surface area contributed by atoms with E-state index in [2.05, 4.69) is 27.1 Å². The highest BCUT2D eigenvalue weighted by atomic mass is 79.9. The first-order chi connectivity index (χ1) is 13.5. The van der Waals surface area contributed by atoms with E-state index in [0.29, 0.717) is 17.2 Å². The minimum Gasteiger partial charge on any atom is -0.496 e. The van der Waals surface area contributed by atoms with E-state index in [1.807, 2.05) is 55.5 Å². The maximum Gasteiger partial charge on any atom is 0.229 e. The molecule has 2 heterocycles. The summed E-state index contributed by atoms with van der Waals surface area (Å²) in [6.07, 6.45) is 0. The number of benzene rings is 2. The number of ether oxygens (including phenoxy) is 2. The molecule has 1 atom stereocenters. The zero-order valence-corrected chi connectivity index (χ0v) is 16.9. The summed E-state index contributed by atoms with van der Waals surface area (Å²) >= 11 is 3.52. The van der Waals surface area contributed by atoms with Gasteiger partial charge in [-0.3, -0.25) is 0 Å². The number of para-hydroxylation sites is 1. The number of nitrogens with zero attached hydrogens (tertiary/aromatic N) is 3. The molecule has 2 N–H and O–H groups in total. The molecular weight excluding hydrogens is 420 g/mol. The first kappa shape index (κ1) is 18.1. The molecule has 7 heteroatoms. The van der Waals surface area contributed by atoms with Gasteiger partial charge in [-0.2, -0.15) is 10.4 Å². The summed E-state index contributed by atoms with van der Waals surface area (Å²) in [6, 6.07) is 17.6. The molecule has 0 bridgehead atoms. The van der Waals surface area contributed by atoms with E-state index in [0.717, 1.165) is 27.0 Å². The molecule has 0 radical (unpaired) electrons. The van der Waals surface area contributed by atoms with E-state index in [9.17, 15) is 5.26 Å². The third kappa shape index (κ3) is 2.83. The summed E-state index contributed by atoms with van der Waals surface area (Å²) in [4.78, 5) is 0. The van der Waals surface area contributed by atoms with Gasteiger partial charge in [0.15, 0.2) is 0 Å². The number of fused-ring (bicyclic) bond motifs is 1. The standard InChI is InChI=1S/C21H17BrN4O2/c1-12-18-19(13-8-9-17(27-2)16(22)10-13)15(11-23)20(24)28-21(18)26(25-12)14-6-4-3-5-7-14/h3-10,19H,24H2,1-2H3/t19-/m1/s1. The first-order valence-electron chi connectivity index (χ1n) is 8.61. The Balaban J connectivity index is 1.94. The third-order valence-electron chi connectivity index (χ3n) is 4.74. The molecule has 0 aliphatic carbocycles. The van der Waals surface area contributed by atoms with Crippen molar-refractivity contribution in [2.75, 3.05) is 7.11 Å². The highest BCUT2D eigenvalue weighted by molar-refractivity contribution is 9.10. The van der Waals surface area contributed by atoms with Crippen molar-refractivity contribution < 1.29 is 9.47 Å². The van der Waals surface area contributed by atoms with Crippen LogP contribution in [0.4, 0.5) is 0 Å². The summed E-state index contributed by atoms with van der Waals surface area (Å²) in [5.74, 6) is 0.942. The lowest BCUT2D eigenvalue weighted by Crippen LogP contribution is -2.22. The Morgan fingerprint density at radius 3 is 2.64 bits per heavy atom. The van der Waals surface area contributed by atoms with Crippen LogP contribution in [0.15, 0.2) is 64.5 Å². The van der Waals surface area contributed by atoms with Crippen LogP contribution >= 0.6 is 15.9 Å². The molecule has 1 aromatic heterocycles. The lowest BCUT2D eigenvalue weighted by molar-refractivity contribution is 0.367. The van der Waals surface area contributed by atoms with Crippen LogP contribution in [0.3, 0.4) is 0 Å². The minimum absolute atomic E-state index is 0.0871. The monoisotopic (exact) mass is 436 g/mol. The van der Waals surface area contributed by atoms with E-state index >= 15 is 0 Å². The quantitative estimate of drug-likeness (QED) is 0.665. The molecule has 140 valence electrons. The Kier molecular flexibility index (Phi) is 4.57. The van der Waals surface area contributed by atoms with Gasteiger partial charge in [0, 0.05) is 0 Å². The number of nitriles is 1. The Labute approximate surface area is 170 Å². The van der Waals surface area contributed by atoms with Gasteiger partial charge in [0.05, 0.1) is 34.4 Å². The SMILES string of the molecule is COc1ccc([C@@H]2C(C#N)=C(N)Oc3c2c(C)nn3-c2ccccc2)cc1Br. The second kappa shape index (κ2) is 7.06. The zero-order valence-electron chi connectivity index (χ0n) is 15.3. The Bertz CT molecular complexity index is 1130. The molecule has 0 saturated heterocycles. The topological polar surface area (TPSA) is 86.1 Å².